The zero-order valence-electron chi connectivity index (χ0n) is 11.2. The van der Waals surface area contributed by atoms with E-state index in [2.05, 4.69) is 4.98 Å². The van der Waals surface area contributed by atoms with Crippen molar-refractivity contribution in [3.63, 3.8) is 0 Å². The number of benzene rings is 1. The lowest BCUT2D eigenvalue weighted by Gasteiger charge is -2.20. The lowest BCUT2D eigenvalue weighted by molar-refractivity contribution is -0.383. The Morgan fingerprint density at radius 3 is 2.80 bits per heavy atom. The fourth-order valence-corrected chi connectivity index (χ4v) is 2.51. The van der Waals surface area contributed by atoms with Crippen LogP contribution in [0.5, 0.6) is 0 Å². The average molecular weight is 278 g/mol. The number of hydrogen-bond donors (Lipinski definition) is 1. The Hall–Kier alpha value is -2.08. The summed E-state index contributed by atoms with van der Waals surface area (Å²) in [5.41, 5.74) is 0.172. The summed E-state index contributed by atoms with van der Waals surface area (Å²) in [5, 5.41) is 21.1. The van der Waals surface area contributed by atoms with Gasteiger partial charge in [-0.2, -0.15) is 0 Å². The number of non-ortho nitro benzene ring substituents is 1. The van der Waals surface area contributed by atoms with Crippen LogP contribution in [0, 0.1) is 15.9 Å². The summed E-state index contributed by atoms with van der Waals surface area (Å²) in [6, 6.07) is 4.02. The molecule has 0 fully saturated rings. The smallest absolute Gasteiger partial charge is 0.281 e. The molecule has 0 aliphatic carbocycles. The Bertz CT molecular complexity index is 658. The molecule has 0 radical (unpaired) electrons. The predicted molar refractivity (Wildman–Crippen MR) is 73.1 cm³/mol. The van der Waals surface area contributed by atoms with Crippen LogP contribution in [0.25, 0.3) is 10.9 Å². The van der Waals surface area contributed by atoms with Gasteiger partial charge in [0.05, 0.1) is 28.0 Å². The lowest BCUT2D eigenvalue weighted by atomic mass is 9.89. The lowest BCUT2D eigenvalue weighted by Crippen LogP contribution is -2.16. The van der Waals surface area contributed by atoms with Crippen LogP contribution in [-0.2, 0) is 0 Å². The molecule has 5 nitrogen and oxygen atoms in total. The standard InChI is InChI=1S/C14H15FN2O3/c1-3-9(8(2)18)13-11(15)7-12(17(19)20)10-5-4-6-16-14(10)13/h4-9,18H,3H2,1-2H3. The van der Waals surface area contributed by atoms with Crippen LogP contribution < -0.4 is 0 Å². The number of rotatable bonds is 4. The van der Waals surface area contributed by atoms with Crippen LogP contribution in [0.3, 0.4) is 0 Å². The molecule has 0 aliphatic heterocycles. The van der Waals surface area contributed by atoms with E-state index in [9.17, 15) is 19.6 Å². The minimum atomic E-state index is -0.763. The Morgan fingerprint density at radius 2 is 2.25 bits per heavy atom. The first-order valence-corrected chi connectivity index (χ1v) is 6.37. The van der Waals surface area contributed by atoms with Crippen LogP contribution in [0.15, 0.2) is 24.4 Å². The molecule has 0 saturated heterocycles. The van der Waals surface area contributed by atoms with Crippen LogP contribution in [0.4, 0.5) is 10.1 Å². The van der Waals surface area contributed by atoms with Gasteiger partial charge in [0, 0.05) is 17.7 Å². The van der Waals surface area contributed by atoms with Crippen molar-refractivity contribution in [1.82, 2.24) is 4.98 Å². The van der Waals surface area contributed by atoms with Crippen molar-refractivity contribution in [1.29, 1.82) is 0 Å². The van der Waals surface area contributed by atoms with Crippen molar-refractivity contribution in [2.24, 2.45) is 0 Å². The molecular weight excluding hydrogens is 263 g/mol. The summed E-state index contributed by atoms with van der Waals surface area (Å²) in [6.45, 7) is 3.40. The van der Waals surface area contributed by atoms with Gasteiger partial charge in [0.25, 0.3) is 5.69 Å². The molecule has 1 aromatic carbocycles. The zero-order valence-corrected chi connectivity index (χ0v) is 11.2. The molecule has 1 heterocycles. The molecule has 1 N–H and O–H groups in total. The third-order valence-electron chi connectivity index (χ3n) is 3.45. The van der Waals surface area contributed by atoms with E-state index < -0.39 is 22.8 Å². The first kappa shape index (κ1) is 14.3. The van der Waals surface area contributed by atoms with Gasteiger partial charge in [0.1, 0.15) is 5.82 Å². The molecule has 0 spiro atoms. The molecule has 2 rings (SSSR count). The molecule has 0 saturated carbocycles. The van der Waals surface area contributed by atoms with Gasteiger partial charge in [0.15, 0.2) is 0 Å². The topological polar surface area (TPSA) is 76.3 Å². The van der Waals surface area contributed by atoms with E-state index in [1.54, 1.807) is 13.0 Å². The number of nitro benzene ring substituents is 1. The first-order valence-electron chi connectivity index (χ1n) is 6.37. The van der Waals surface area contributed by atoms with Crippen molar-refractivity contribution >= 4 is 16.6 Å². The van der Waals surface area contributed by atoms with Crippen molar-refractivity contribution in [3.8, 4) is 0 Å². The maximum Gasteiger partial charge on any atom is 0.281 e. The number of aliphatic hydroxyl groups is 1. The second-order valence-electron chi connectivity index (χ2n) is 4.70. The van der Waals surface area contributed by atoms with Gasteiger partial charge < -0.3 is 5.11 Å². The zero-order chi connectivity index (χ0) is 14.9. The molecule has 2 aromatic rings. The number of aliphatic hydroxyl groups excluding tert-OH is 1. The summed E-state index contributed by atoms with van der Waals surface area (Å²) < 4.78 is 14.3. The highest BCUT2D eigenvalue weighted by atomic mass is 19.1. The van der Waals surface area contributed by atoms with E-state index in [1.165, 1.54) is 12.3 Å². The fourth-order valence-electron chi connectivity index (χ4n) is 2.51. The third-order valence-corrected chi connectivity index (χ3v) is 3.45. The van der Waals surface area contributed by atoms with E-state index in [0.717, 1.165) is 6.07 Å². The third kappa shape index (κ3) is 2.34. The molecular formula is C14H15FN2O3. The minimum absolute atomic E-state index is 0.240. The predicted octanol–water partition coefficient (Wildman–Crippen LogP) is 3.16. The minimum Gasteiger partial charge on any atom is -0.393 e. The highest BCUT2D eigenvalue weighted by Crippen LogP contribution is 2.36. The normalized spacial score (nSPS) is 14.2. The van der Waals surface area contributed by atoms with E-state index in [4.69, 9.17) is 0 Å². The van der Waals surface area contributed by atoms with Gasteiger partial charge in [0.2, 0.25) is 0 Å². The number of aromatic nitrogens is 1. The van der Waals surface area contributed by atoms with Gasteiger partial charge in [-0.1, -0.05) is 6.92 Å². The molecule has 1 aromatic heterocycles. The maximum absolute atomic E-state index is 14.3. The number of hydrogen-bond acceptors (Lipinski definition) is 4. The summed E-state index contributed by atoms with van der Waals surface area (Å²) in [5.74, 6) is -1.15. The second kappa shape index (κ2) is 5.50. The van der Waals surface area contributed by atoms with Crippen LogP contribution in [0.1, 0.15) is 31.7 Å². The summed E-state index contributed by atoms with van der Waals surface area (Å²) in [6.07, 6.45) is 1.21. The van der Waals surface area contributed by atoms with E-state index >= 15 is 0 Å². The van der Waals surface area contributed by atoms with Crippen molar-refractivity contribution < 1.29 is 14.4 Å². The monoisotopic (exact) mass is 278 g/mol. The Morgan fingerprint density at radius 1 is 1.55 bits per heavy atom. The fraction of sp³-hybridized carbons (Fsp3) is 0.357. The summed E-state index contributed by atoms with van der Waals surface area (Å²) in [4.78, 5) is 14.5. The molecule has 106 valence electrons. The number of halogens is 1. The molecule has 2 unspecified atom stereocenters. The van der Waals surface area contributed by atoms with E-state index in [0.29, 0.717) is 6.42 Å². The highest BCUT2D eigenvalue weighted by Gasteiger charge is 2.26. The van der Waals surface area contributed by atoms with Gasteiger partial charge in [-0.15, -0.1) is 0 Å². The van der Waals surface area contributed by atoms with Gasteiger partial charge >= 0.3 is 0 Å². The number of pyridine rings is 1. The second-order valence-corrected chi connectivity index (χ2v) is 4.70. The van der Waals surface area contributed by atoms with Crippen LogP contribution >= 0.6 is 0 Å². The van der Waals surface area contributed by atoms with E-state index in [-0.39, 0.29) is 22.2 Å². The largest absolute Gasteiger partial charge is 0.393 e. The molecule has 0 amide bonds. The van der Waals surface area contributed by atoms with Gasteiger partial charge in [-0.05, 0) is 25.5 Å². The van der Waals surface area contributed by atoms with Crippen molar-refractivity contribution in [2.45, 2.75) is 32.3 Å². The molecule has 0 bridgehead atoms. The summed E-state index contributed by atoms with van der Waals surface area (Å²) >= 11 is 0. The van der Waals surface area contributed by atoms with Crippen molar-refractivity contribution in [2.75, 3.05) is 0 Å². The molecule has 0 aliphatic rings. The quantitative estimate of drug-likeness (QED) is 0.688. The number of fused-ring (bicyclic) bond motifs is 1. The average Bonchev–Trinajstić information content (AvgIpc) is 2.41. The van der Waals surface area contributed by atoms with E-state index in [1.807, 2.05) is 6.92 Å². The number of nitrogens with zero attached hydrogens (tertiary/aromatic N) is 2. The highest BCUT2D eigenvalue weighted by molar-refractivity contribution is 5.90. The Balaban J connectivity index is 2.82. The van der Waals surface area contributed by atoms with Crippen molar-refractivity contribution in [3.05, 3.63) is 45.9 Å². The molecule has 6 heteroatoms. The Kier molecular flexibility index (Phi) is 3.94. The summed E-state index contributed by atoms with van der Waals surface area (Å²) in [7, 11) is 0. The van der Waals surface area contributed by atoms with Gasteiger partial charge in [-0.3, -0.25) is 15.1 Å². The Labute approximate surface area is 115 Å². The molecule has 20 heavy (non-hydrogen) atoms. The van der Waals surface area contributed by atoms with Crippen LogP contribution in [-0.4, -0.2) is 21.1 Å². The first-order chi connectivity index (χ1) is 9.47. The van der Waals surface area contributed by atoms with Crippen LogP contribution in [0.2, 0.25) is 0 Å². The molecule has 2 atom stereocenters. The number of nitro groups is 1. The maximum atomic E-state index is 14.3. The van der Waals surface area contributed by atoms with Gasteiger partial charge in [-0.25, -0.2) is 4.39 Å². The SMILES string of the molecule is CCC(c1c(F)cc([N+](=O)[O-])c2cccnc12)C(C)O.